The summed E-state index contributed by atoms with van der Waals surface area (Å²) in [6.45, 7) is 8.93. The number of unbranched alkanes of at least 4 members (excludes halogenated alkanes) is 3. The predicted octanol–water partition coefficient (Wildman–Crippen LogP) is 13.2. The number of ether oxygens (including phenoxy) is 1. The molecule has 9 rings (SSSR count). The first kappa shape index (κ1) is 61.5. The van der Waals surface area contributed by atoms with Gasteiger partial charge in [-0.05, 0) is 143 Å². The Morgan fingerprint density at radius 3 is 2.42 bits per heavy atom. The third-order valence-electron chi connectivity index (χ3n) is 16.2. The second-order valence-corrected chi connectivity index (χ2v) is 24.5. The Morgan fingerprint density at radius 2 is 1.70 bits per heavy atom. The minimum atomic E-state index is -2.90. The van der Waals surface area contributed by atoms with E-state index in [0.29, 0.717) is 41.7 Å². The van der Waals surface area contributed by atoms with E-state index in [1.807, 2.05) is 20.8 Å². The highest BCUT2D eigenvalue weighted by Gasteiger charge is 2.61. The van der Waals surface area contributed by atoms with Crippen molar-refractivity contribution in [1.82, 2.24) is 35.3 Å². The number of nitriles is 1. The van der Waals surface area contributed by atoms with Crippen LogP contribution < -0.4 is 31.3 Å². The van der Waals surface area contributed by atoms with E-state index in [-0.39, 0.29) is 61.8 Å². The number of carbonyl (C=O) groups excluding carboxylic acids is 3. The van der Waals surface area contributed by atoms with Gasteiger partial charge in [-0.2, -0.15) is 10.4 Å². The number of alkyl halides is 2. The molecule has 6 aromatic rings. The van der Waals surface area contributed by atoms with Gasteiger partial charge in [0.15, 0.2) is 11.4 Å². The lowest BCUT2D eigenvalue weighted by Gasteiger charge is -2.37. The van der Waals surface area contributed by atoms with Crippen molar-refractivity contribution in [3.8, 4) is 23.3 Å². The minimum Gasteiger partial charge on any atom is -0.495 e. The Hall–Kier alpha value is -7.05. The van der Waals surface area contributed by atoms with Crippen LogP contribution in [-0.2, 0) is 10.2 Å². The van der Waals surface area contributed by atoms with Gasteiger partial charge in [0.2, 0.25) is 11.8 Å². The number of amides is 3. The molecule has 3 fully saturated rings. The topological polar surface area (TPSA) is 204 Å². The Morgan fingerprint density at radius 1 is 0.940 bits per heavy atom. The number of methoxy groups -OCH3 is 1. The lowest BCUT2D eigenvalue weighted by molar-refractivity contribution is -0.118. The van der Waals surface area contributed by atoms with Crippen molar-refractivity contribution in [3.05, 3.63) is 135 Å². The average Bonchev–Trinajstić information content (AvgIpc) is 2.02. The first-order chi connectivity index (χ1) is 40.2. The van der Waals surface area contributed by atoms with Crippen LogP contribution in [0.1, 0.15) is 147 Å². The number of pyridine rings is 1. The Bertz CT molecular complexity index is 3360. The minimum absolute atomic E-state index is 0.0426. The molecule has 2 saturated carbocycles. The molecule has 0 unspecified atom stereocenters. The number of anilines is 3. The van der Waals surface area contributed by atoms with Crippen LogP contribution in [0.15, 0.2) is 89.8 Å². The molecule has 3 aromatic heterocycles. The lowest BCUT2D eigenvalue weighted by atomic mass is 9.62. The molecule has 0 bridgehead atoms. The summed E-state index contributed by atoms with van der Waals surface area (Å²) in [7, 11) is 3.51. The maximum Gasteiger partial charge on any atom is 0.284 e. The number of nitrogens with one attached hydrogen (secondary N) is 5. The largest absolute Gasteiger partial charge is 0.495 e. The lowest BCUT2D eigenvalue weighted by Crippen LogP contribution is -2.45. The summed E-state index contributed by atoms with van der Waals surface area (Å²) in [5.41, 5.74) is -1.80. The molecular weight excluding hydrogens is 1130 g/mol. The van der Waals surface area contributed by atoms with E-state index in [2.05, 4.69) is 59.7 Å². The third kappa shape index (κ3) is 14.5. The number of aromatic nitrogens is 4. The molecule has 1 aliphatic heterocycles. The van der Waals surface area contributed by atoms with Crippen LogP contribution >= 0.6 is 23.2 Å². The van der Waals surface area contributed by atoms with Crippen LogP contribution in [0, 0.1) is 40.2 Å². The fourth-order valence-electron chi connectivity index (χ4n) is 11.8. The van der Waals surface area contributed by atoms with E-state index in [4.69, 9.17) is 32.4 Å². The highest BCUT2D eigenvalue weighted by atomic mass is 35.5. The summed E-state index contributed by atoms with van der Waals surface area (Å²) in [6, 6.07) is 16.5. The molecule has 2 aliphatic carbocycles. The predicted molar refractivity (Wildman–Crippen MR) is 315 cm³/mol. The monoisotopic (exact) mass is 1200 g/mol. The molecule has 446 valence electrons. The summed E-state index contributed by atoms with van der Waals surface area (Å²) >= 11 is 12.5. The van der Waals surface area contributed by atoms with Crippen molar-refractivity contribution in [2.24, 2.45) is 17.3 Å². The van der Waals surface area contributed by atoms with Gasteiger partial charge in [0.25, 0.3) is 18.2 Å². The van der Waals surface area contributed by atoms with E-state index >= 15 is 8.78 Å². The van der Waals surface area contributed by atoms with Crippen molar-refractivity contribution in [3.63, 3.8) is 0 Å². The van der Waals surface area contributed by atoms with Crippen molar-refractivity contribution in [2.75, 3.05) is 56.3 Å². The van der Waals surface area contributed by atoms with Crippen LogP contribution in [-0.4, -0.2) is 94.8 Å². The number of oxazole rings is 1. The second-order valence-electron chi connectivity index (χ2n) is 23.7. The van der Waals surface area contributed by atoms with E-state index in [9.17, 15) is 28.4 Å². The molecule has 4 heterocycles. The number of benzene rings is 3. The number of hydrogen-bond acceptors (Lipinski definition) is 12. The Balaban J connectivity index is 0.718. The summed E-state index contributed by atoms with van der Waals surface area (Å²) < 4.78 is 73.7. The van der Waals surface area contributed by atoms with Crippen LogP contribution in [0.3, 0.4) is 0 Å². The normalized spacial score (nSPS) is 20.6. The molecule has 16 nitrogen and oxygen atoms in total. The van der Waals surface area contributed by atoms with Gasteiger partial charge in [0.1, 0.15) is 34.9 Å². The fraction of sp³-hybridized carbons (Fsp3) is 0.468. The first-order valence-corrected chi connectivity index (χ1v) is 29.4. The third-order valence-corrected chi connectivity index (χ3v) is 16.7. The van der Waals surface area contributed by atoms with Gasteiger partial charge in [0.05, 0.1) is 41.7 Å². The van der Waals surface area contributed by atoms with Crippen molar-refractivity contribution in [2.45, 2.75) is 127 Å². The van der Waals surface area contributed by atoms with Gasteiger partial charge >= 0.3 is 0 Å². The van der Waals surface area contributed by atoms with Crippen molar-refractivity contribution >= 4 is 58.1 Å². The number of carbonyl (C=O) groups is 3. The second kappa shape index (κ2) is 26.9. The van der Waals surface area contributed by atoms with Gasteiger partial charge in [-0.1, -0.05) is 75.0 Å². The Kier molecular flexibility index (Phi) is 19.7. The molecule has 84 heavy (non-hydrogen) atoms. The van der Waals surface area contributed by atoms with E-state index in [0.717, 1.165) is 77.1 Å². The van der Waals surface area contributed by atoms with Crippen molar-refractivity contribution in [1.29, 1.82) is 5.26 Å². The van der Waals surface area contributed by atoms with Crippen LogP contribution in [0.4, 0.5) is 34.8 Å². The molecule has 22 heteroatoms. The van der Waals surface area contributed by atoms with Gasteiger partial charge in [-0.25, -0.2) is 27.5 Å². The molecular formula is C62H71Cl2F4N11O5. The first-order valence-electron chi connectivity index (χ1n) is 28.6. The highest BCUT2D eigenvalue weighted by molar-refractivity contribution is 6.31. The standard InChI is InChI=1S/C62H71Cl2F4N11O5/c1-61(2,3)30-50-62(35-69,43-21-18-40(63)29-45(43)65)52(42-11-10-12-44(64)53(42)66)55(76-50)59(82)73-46-22-17-38(27-49(46)83-5)57(80)71-24-8-6-7-9-26-78(4)32-37-15-19-41(20-16-37)79-33-47(54(77-79)56(67)68)74-58(81)48-34-84-60(75-48)39-23-25-70-51(28-39)72-31-36-13-14-36/h10-12,17-18,21-23,25,27-29,33-34,36-37,41,50,52,55-56,76H,6-9,13-16,19-20,24,26,30-32H2,1-5H3,(H,70,72)(H,71,80)(H,73,82)(H,74,81)/t37-,41-,50-,52-,55+,62-/m0/s1. The number of nitrogens with zero attached hydrogens (tertiary/aromatic N) is 6. The number of hydrogen-bond donors (Lipinski definition) is 5. The van der Waals surface area contributed by atoms with Gasteiger partial charge < -0.3 is 40.6 Å². The summed E-state index contributed by atoms with van der Waals surface area (Å²) in [4.78, 5) is 52.2. The fourth-order valence-corrected chi connectivity index (χ4v) is 12.1. The summed E-state index contributed by atoms with van der Waals surface area (Å²) in [5.74, 6) is -2.40. The number of rotatable bonds is 24. The number of halogens is 6. The quantitative estimate of drug-likeness (QED) is 0.0284. The average molecular weight is 1200 g/mol. The zero-order valence-corrected chi connectivity index (χ0v) is 49.2. The molecule has 4 atom stereocenters. The smallest absolute Gasteiger partial charge is 0.284 e. The molecule has 0 spiro atoms. The molecule has 3 aliphatic rings. The molecule has 1 saturated heterocycles. The molecule has 3 amide bonds. The molecule has 3 aromatic carbocycles. The van der Waals surface area contributed by atoms with Gasteiger partial charge in [-0.3, -0.25) is 19.1 Å². The maximum atomic E-state index is 16.2. The van der Waals surface area contributed by atoms with Crippen LogP contribution in [0.25, 0.3) is 11.5 Å². The summed E-state index contributed by atoms with van der Waals surface area (Å²) in [6.07, 6.45) is 11.0. The van der Waals surface area contributed by atoms with E-state index in [1.54, 1.807) is 29.1 Å². The summed E-state index contributed by atoms with van der Waals surface area (Å²) in [5, 5.41) is 30.4. The van der Waals surface area contributed by atoms with Crippen LogP contribution in [0.5, 0.6) is 5.75 Å². The van der Waals surface area contributed by atoms with E-state index < -0.39 is 64.4 Å². The zero-order chi connectivity index (χ0) is 59.9. The Labute approximate surface area is 496 Å². The molecule has 5 N–H and O–H groups in total. The van der Waals surface area contributed by atoms with Gasteiger partial charge in [-0.15, -0.1) is 0 Å². The maximum absolute atomic E-state index is 16.2. The highest BCUT2D eigenvalue weighted by Crippen LogP contribution is 2.53. The molecule has 0 radical (unpaired) electrons. The zero-order valence-electron chi connectivity index (χ0n) is 47.7. The van der Waals surface area contributed by atoms with Gasteiger partial charge in [0, 0.05) is 65.7 Å². The van der Waals surface area contributed by atoms with Crippen LogP contribution in [0.2, 0.25) is 10.0 Å². The SMILES string of the molecule is COc1cc(C(=O)NCCCCCCN(C)C[C@H]2CC[C@H](n3cc(NC(=O)c4coc(-c5ccnc(NCC6CC6)c5)n4)c(C(F)F)n3)CC2)ccc1NC(=O)[C@@H]1N[C@@H](CC(C)(C)C)[C@](C#N)(c2ccc(Cl)cc2F)[C@H]1c1cccc(Cl)c1F. The van der Waals surface area contributed by atoms with Crippen molar-refractivity contribution < 1.29 is 41.1 Å². The van der Waals surface area contributed by atoms with E-state index in [1.165, 1.54) is 74.9 Å².